The first kappa shape index (κ1) is 12.3. The van der Waals surface area contributed by atoms with Crippen molar-refractivity contribution >= 4 is 5.78 Å². The molecule has 0 unspecified atom stereocenters. The summed E-state index contributed by atoms with van der Waals surface area (Å²) in [6.45, 7) is 2.25. The molecule has 92 valence electrons. The predicted molar refractivity (Wildman–Crippen MR) is 71.3 cm³/mol. The van der Waals surface area contributed by atoms with Gasteiger partial charge >= 0.3 is 0 Å². The Morgan fingerprint density at radius 2 is 1.94 bits per heavy atom. The lowest BCUT2D eigenvalue weighted by atomic mass is 9.89. The molecule has 0 fully saturated rings. The van der Waals surface area contributed by atoms with Crippen LogP contribution in [0.2, 0.25) is 0 Å². The van der Waals surface area contributed by atoms with E-state index in [9.17, 15) is 4.79 Å². The SMILES string of the molecule is CCCCCCc1ccc2c(c1)CCC(=O)C2. The van der Waals surface area contributed by atoms with E-state index >= 15 is 0 Å². The van der Waals surface area contributed by atoms with Gasteiger partial charge in [0.05, 0.1) is 0 Å². The zero-order valence-corrected chi connectivity index (χ0v) is 10.8. The van der Waals surface area contributed by atoms with Gasteiger partial charge in [0.1, 0.15) is 5.78 Å². The normalized spacial score (nSPS) is 14.8. The van der Waals surface area contributed by atoms with Crippen LogP contribution in [0.15, 0.2) is 18.2 Å². The highest BCUT2D eigenvalue weighted by atomic mass is 16.1. The number of Topliss-reactive ketones (excluding diaryl/α,β-unsaturated/α-hetero) is 1. The van der Waals surface area contributed by atoms with Crippen LogP contribution in [0.4, 0.5) is 0 Å². The fourth-order valence-electron chi connectivity index (χ4n) is 2.57. The van der Waals surface area contributed by atoms with E-state index in [4.69, 9.17) is 0 Å². The Morgan fingerprint density at radius 3 is 2.76 bits per heavy atom. The van der Waals surface area contributed by atoms with Gasteiger partial charge in [-0.1, -0.05) is 44.4 Å². The second-order valence-electron chi connectivity index (χ2n) is 5.13. The Kier molecular flexibility index (Phi) is 4.36. The van der Waals surface area contributed by atoms with Crippen LogP contribution in [0.5, 0.6) is 0 Å². The molecule has 0 saturated carbocycles. The number of rotatable bonds is 5. The van der Waals surface area contributed by atoms with E-state index in [1.54, 1.807) is 0 Å². The minimum atomic E-state index is 0.396. The van der Waals surface area contributed by atoms with Crippen LogP contribution in [0.25, 0.3) is 0 Å². The van der Waals surface area contributed by atoms with Crippen molar-refractivity contribution in [3.63, 3.8) is 0 Å². The van der Waals surface area contributed by atoms with Gasteiger partial charge in [0.2, 0.25) is 0 Å². The van der Waals surface area contributed by atoms with E-state index < -0.39 is 0 Å². The number of hydrogen-bond donors (Lipinski definition) is 0. The molecule has 1 aliphatic rings. The highest BCUT2D eigenvalue weighted by Gasteiger charge is 2.15. The molecule has 1 aromatic rings. The molecular weight excluding hydrogens is 208 g/mol. The van der Waals surface area contributed by atoms with Crippen molar-refractivity contribution in [1.82, 2.24) is 0 Å². The molecule has 2 rings (SSSR count). The van der Waals surface area contributed by atoms with E-state index in [-0.39, 0.29) is 0 Å². The quantitative estimate of drug-likeness (QED) is 0.702. The molecule has 1 aromatic carbocycles. The maximum absolute atomic E-state index is 11.4. The summed E-state index contributed by atoms with van der Waals surface area (Å²) in [5.41, 5.74) is 4.13. The highest BCUT2D eigenvalue weighted by Crippen LogP contribution is 2.21. The van der Waals surface area contributed by atoms with Gasteiger partial charge in [-0.2, -0.15) is 0 Å². The molecule has 0 bridgehead atoms. The highest BCUT2D eigenvalue weighted by molar-refractivity contribution is 5.83. The van der Waals surface area contributed by atoms with Gasteiger partial charge in [-0.05, 0) is 36.0 Å². The molecule has 1 nitrogen and oxygen atoms in total. The van der Waals surface area contributed by atoms with Crippen LogP contribution in [0.3, 0.4) is 0 Å². The lowest BCUT2D eigenvalue weighted by molar-refractivity contribution is -0.118. The van der Waals surface area contributed by atoms with E-state index in [1.165, 1.54) is 48.8 Å². The number of fused-ring (bicyclic) bond motifs is 1. The summed E-state index contributed by atoms with van der Waals surface area (Å²) in [6, 6.07) is 6.71. The zero-order valence-electron chi connectivity index (χ0n) is 10.8. The van der Waals surface area contributed by atoms with Crippen molar-refractivity contribution in [2.45, 2.75) is 58.3 Å². The first-order chi connectivity index (χ1) is 8.29. The van der Waals surface area contributed by atoms with Crippen molar-refractivity contribution in [1.29, 1.82) is 0 Å². The van der Waals surface area contributed by atoms with E-state index in [1.807, 2.05) is 0 Å². The van der Waals surface area contributed by atoms with Crippen LogP contribution in [0, 0.1) is 0 Å². The third-order valence-corrected chi connectivity index (χ3v) is 3.65. The molecule has 0 radical (unpaired) electrons. The number of unbranched alkanes of at least 4 members (excludes halogenated alkanes) is 3. The Morgan fingerprint density at radius 1 is 1.06 bits per heavy atom. The fourth-order valence-corrected chi connectivity index (χ4v) is 2.57. The molecule has 0 N–H and O–H groups in total. The van der Waals surface area contributed by atoms with Crippen LogP contribution in [-0.2, 0) is 24.1 Å². The van der Waals surface area contributed by atoms with Crippen LogP contribution in [-0.4, -0.2) is 5.78 Å². The Balaban J connectivity index is 1.94. The lowest BCUT2D eigenvalue weighted by Crippen LogP contribution is -2.13. The molecule has 0 amide bonds. The number of ketones is 1. The summed E-state index contributed by atoms with van der Waals surface area (Å²) < 4.78 is 0. The van der Waals surface area contributed by atoms with Crippen molar-refractivity contribution in [2.24, 2.45) is 0 Å². The van der Waals surface area contributed by atoms with Gasteiger partial charge in [-0.15, -0.1) is 0 Å². The van der Waals surface area contributed by atoms with Gasteiger partial charge in [-0.25, -0.2) is 0 Å². The molecule has 0 saturated heterocycles. The standard InChI is InChI=1S/C16H22O/c1-2-3-4-5-6-13-7-8-15-12-16(17)10-9-14(15)11-13/h7-8,11H,2-6,9-10,12H2,1H3. The Bertz CT molecular complexity index is 393. The minimum Gasteiger partial charge on any atom is -0.299 e. The molecule has 17 heavy (non-hydrogen) atoms. The lowest BCUT2D eigenvalue weighted by Gasteiger charge is -2.15. The smallest absolute Gasteiger partial charge is 0.137 e. The molecule has 0 spiro atoms. The average Bonchev–Trinajstić information content (AvgIpc) is 2.35. The maximum Gasteiger partial charge on any atom is 0.137 e. The molecule has 0 aliphatic heterocycles. The average molecular weight is 230 g/mol. The second kappa shape index (κ2) is 6.00. The summed E-state index contributed by atoms with van der Waals surface area (Å²) in [7, 11) is 0. The summed E-state index contributed by atoms with van der Waals surface area (Å²) in [5.74, 6) is 0.396. The van der Waals surface area contributed by atoms with Crippen molar-refractivity contribution in [3.8, 4) is 0 Å². The monoisotopic (exact) mass is 230 g/mol. The second-order valence-corrected chi connectivity index (χ2v) is 5.13. The predicted octanol–water partition coefficient (Wildman–Crippen LogP) is 3.87. The van der Waals surface area contributed by atoms with Crippen LogP contribution < -0.4 is 0 Å². The number of carbonyl (C=O) groups excluding carboxylic acids is 1. The fraction of sp³-hybridized carbons (Fsp3) is 0.562. The van der Waals surface area contributed by atoms with Gasteiger partial charge < -0.3 is 0 Å². The molecule has 1 heteroatoms. The van der Waals surface area contributed by atoms with Crippen molar-refractivity contribution in [2.75, 3.05) is 0 Å². The Labute approximate surface area is 104 Å². The summed E-state index contributed by atoms with van der Waals surface area (Å²) in [5, 5.41) is 0. The van der Waals surface area contributed by atoms with E-state index in [0.717, 1.165) is 12.8 Å². The van der Waals surface area contributed by atoms with Gasteiger partial charge in [-0.3, -0.25) is 4.79 Å². The molecular formula is C16H22O. The molecule has 0 atom stereocenters. The van der Waals surface area contributed by atoms with Gasteiger partial charge in [0.15, 0.2) is 0 Å². The largest absolute Gasteiger partial charge is 0.299 e. The summed E-state index contributed by atoms with van der Waals surface area (Å²) in [6.07, 6.45) is 8.83. The van der Waals surface area contributed by atoms with Crippen molar-refractivity contribution < 1.29 is 4.79 Å². The molecule has 0 heterocycles. The van der Waals surface area contributed by atoms with E-state index in [0.29, 0.717) is 12.2 Å². The van der Waals surface area contributed by atoms with Gasteiger partial charge in [0.25, 0.3) is 0 Å². The third kappa shape index (κ3) is 3.42. The number of aryl methyl sites for hydroxylation is 2. The molecule has 0 aromatic heterocycles. The zero-order chi connectivity index (χ0) is 12.1. The Hall–Kier alpha value is -1.11. The van der Waals surface area contributed by atoms with Crippen molar-refractivity contribution in [3.05, 3.63) is 34.9 Å². The van der Waals surface area contributed by atoms with Crippen LogP contribution >= 0.6 is 0 Å². The number of benzene rings is 1. The third-order valence-electron chi connectivity index (χ3n) is 3.65. The first-order valence-corrected chi connectivity index (χ1v) is 6.92. The minimum absolute atomic E-state index is 0.396. The van der Waals surface area contributed by atoms with E-state index in [2.05, 4.69) is 25.1 Å². The van der Waals surface area contributed by atoms with Crippen LogP contribution in [0.1, 0.15) is 55.7 Å². The summed E-state index contributed by atoms with van der Waals surface area (Å²) >= 11 is 0. The first-order valence-electron chi connectivity index (χ1n) is 6.92. The van der Waals surface area contributed by atoms with Gasteiger partial charge in [0, 0.05) is 12.8 Å². The summed E-state index contributed by atoms with van der Waals surface area (Å²) in [4.78, 5) is 11.4. The maximum atomic E-state index is 11.4. The topological polar surface area (TPSA) is 17.1 Å². The molecule has 1 aliphatic carbocycles. The number of hydrogen-bond acceptors (Lipinski definition) is 1. The number of carbonyl (C=O) groups is 1.